The van der Waals surface area contributed by atoms with Crippen LogP contribution in [-0.2, 0) is 0 Å². The van der Waals surface area contributed by atoms with Gasteiger partial charge in [0.2, 0.25) is 0 Å². The predicted molar refractivity (Wildman–Crippen MR) is 77.8 cm³/mol. The van der Waals surface area contributed by atoms with Crippen LogP contribution in [-0.4, -0.2) is 11.1 Å². The van der Waals surface area contributed by atoms with Crippen molar-refractivity contribution in [3.05, 3.63) is 58.1 Å². The van der Waals surface area contributed by atoms with Gasteiger partial charge < -0.3 is 10.4 Å². The molecule has 0 heterocycles. The van der Waals surface area contributed by atoms with E-state index in [1.807, 2.05) is 0 Å². The normalized spacial score (nSPS) is 10.7. The maximum absolute atomic E-state index is 12.9. The number of halogens is 3. The zero-order chi connectivity index (χ0) is 15.6. The minimum atomic E-state index is -2.59. The molecule has 6 heteroatoms. The van der Waals surface area contributed by atoms with Gasteiger partial charge in [0.15, 0.2) is 0 Å². The van der Waals surface area contributed by atoms with E-state index < -0.39 is 12.4 Å². The molecule has 0 aliphatic heterocycles. The van der Waals surface area contributed by atoms with Gasteiger partial charge in [-0.15, -0.1) is 0 Å². The van der Waals surface area contributed by atoms with Crippen molar-refractivity contribution >= 4 is 28.9 Å². The first-order valence-corrected chi connectivity index (χ1v) is 6.45. The maximum Gasteiger partial charge on any atom is 0.337 e. The minimum absolute atomic E-state index is 0.0237. The molecule has 0 fully saturated rings. The number of benzene rings is 2. The topological polar surface area (TPSA) is 49.3 Å². The maximum atomic E-state index is 12.9. The summed E-state index contributed by atoms with van der Waals surface area (Å²) in [6.45, 7) is 1.56. The van der Waals surface area contributed by atoms with Gasteiger partial charge >= 0.3 is 5.97 Å². The van der Waals surface area contributed by atoms with Gasteiger partial charge in [0.1, 0.15) is 0 Å². The predicted octanol–water partition coefficient (Wildman–Crippen LogP) is 5.03. The zero-order valence-electron chi connectivity index (χ0n) is 11.0. The van der Waals surface area contributed by atoms with Gasteiger partial charge in [-0.3, -0.25) is 0 Å². The van der Waals surface area contributed by atoms with Crippen LogP contribution in [0.3, 0.4) is 0 Å². The second kappa shape index (κ2) is 6.10. The summed E-state index contributed by atoms with van der Waals surface area (Å²) >= 11 is 5.77. The Morgan fingerprint density at radius 2 is 1.95 bits per heavy atom. The summed E-state index contributed by atoms with van der Waals surface area (Å²) in [6, 6.07) is 8.78. The molecule has 0 bridgehead atoms. The van der Waals surface area contributed by atoms with E-state index in [9.17, 15) is 13.6 Å². The number of hydrogen-bond donors (Lipinski definition) is 2. The van der Waals surface area contributed by atoms with Gasteiger partial charge in [-0.25, -0.2) is 13.6 Å². The highest BCUT2D eigenvalue weighted by atomic mass is 35.5. The van der Waals surface area contributed by atoms with Crippen LogP contribution in [0.5, 0.6) is 0 Å². The van der Waals surface area contributed by atoms with E-state index in [2.05, 4.69) is 5.32 Å². The fraction of sp³-hybridized carbons (Fsp3) is 0.133. The standard InChI is InChI=1S/C15H12ClF2NO2/c1-8-10(14(17)18)3-2-4-12(8)19-13-6-5-9(16)7-11(13)15(20)21/h2-7,14,19H,1H3,(H,20,21). The number of aromatic carboxylic acids is 1. The van der Waals surface area contributed by atoms with Crippen LogP contribution in [0.25, 0.3) is 0 Å². The molecule has 110 valence electrons. The van der Waals surface area contributed by atoms with Crippen molar-refractivity contribution in [3.63, 3.8) is 0 Å². The number of rotatable bonds is 4. The Morgan fingerprint density at radius 1 is 1.24 bits per heavy atom. The van der Waals surface area contributed by atoms with Gasteiger partial charge in [-0.2, -0.15) is 0 Å². The highest BCUT2D eigenvalue weighted by molar-refractivity contribution is 6.31. The van der Waals surface area contributed by atoms with E-state index in [0.717, 1.165) is 0 Å². The number of carboxylic acid groups (broad SMARTS) is 1. The highest BCUT2D eigenvalue weighted by Gasteiger charge is 2.15. The average Bonchev–Trinajstić information content (AvgIpc) is 2.42. The molecule has 0 radical (unpaired) electrons. The lowest BCUT2D eigenvalue weighted by Crippen LogP contribution is -2.04. The third-order valence-corrected chi connectivity index (χ3v) is 3.33. The quantitative estimate of drug-likeness (QED) is 0.832. The van der Waals surface area contributed by atoms with E-state index >= 15 is 0 Å². The van der Waals surface area contributed by atoms with Crippen LogP contribution in [0.15, 0.2) is 36.4 Å². The second-order valence-electron chi connectivity index (χ2n) is 4.44. The van der Waals surface area contributed by atoms with Gasteiger partial charge in [0.05, 0.1) is 11.3 Å². The molecular formula is C15H12ClF2NO2. The molecule has 0 saturated carbocycles. The van der Waals surface area contributed by atoms with E-state index in [-0.39, 0.29) is 16.1 Å². The molecule has 21 heavy (non-hydrogen) atoms. The summed E-state index contributed by atoms with van der Waals surface area (Å²) in [5.41, 5.74) is 0.980. The van der Waals surface area contributed by atoms with Crippen LogP contribution >= 0.6 is 11.6 Å². The number of nitrogens with one attached hydrogen (secondary N) is 1. The molecule has 2 aromatic carbocycles. The van der Waals surface area contributed by atoms with Crippen molar-refractivity contribution < 1.29 is 18.7 Å². The van der Waals surface area contributed by atoms with Crippen LogP contribution in [0, 0.1) is 6.92 Å². The highest BCUT2D eigenvalue weighted by Crippen LogP contribution is 2.31. The van der Waals surface area contributed by atoms with Crippen LogP contribution in [0.1, 0.15) is 27.9 Å². The first-order chi connectivity index (χ1) is 9.90. The smallest absolute Gasteiger partial charge is 0.337 e. The lowest BCUT2D eigenvalue weighted by Gasteiger charge is -2.14. The van der Waals surface area contributed by atoms with Gasteiger partial charge in [-0.1, -0.05) is 23.7 Å². The van der Waals surface area contributed by atoms with Gasteiger partial charge in [-0.05, 0) is 36.8 Å². The Morgan fingerprint density at radius 3 is 2.57 bits per heavy atom. The lowest BCUT2D eigenvalue weighted by molar-refractivity contribution is 0.0698. The number of carboxylic acids is 1. The van der Waals surface area contributed by atoms with Crippen LogP contribution in [0.2, 0.25) is 5.02 Å². The number of carbonyl (C=O) groups is 1. The summed E-state index contributed by atoms with van der Waals surface area (Å²) in [6.07, 6.45) is -2.59. The molecular weight excluding hydrogens is 300 g/mol. The number of anilines is 2. The van der Waals surface area contributed by atoms with Gasteiger partial charge in [0, 0.05) is 16.3 Å². The fourth-order valence-electron chi connectivity index (χ4n) is 1.97. The molecule has 0 aromatic heterocycles. The minimum Gasteiger partial charge on any atom is -0.478 e. The molecule has 0 spiro atoms. The first kappa shape index (κ1) is 15.3. The van der Waals surface area contributed by atoms with Crippen molar-refractivity contribution in [2.75, 3.05) is 5.32 Å². The molecule has 2 aromatic rings. The molecule has 0 amide bonds. The van der Waals surface area contributed by atoms with Crippen LogP contribution < -0.4 is 5.32 Å². The molecule has 2 rings (SSSR count). The SMILES string of the molecule is Cc1c(Nc2ccc(Cl)cc2C(=O)O)cccc1C(F)F. The van der Waals surface area contributed by atoms with Crippen molar-refractivity contribution in [3.8, 4) is 0 Å². The Hall–Kier alpha value is -2.14. The Kier molecular flexibility index (Phi) is 4.43. The van der Waals surface area contributed by atoms with Crippen molar-refractivity contribution in [1.82, 2.24) is 0 Å². The van der Waals surface area contributed by atoms with E-state index in [1.165, 1.54) is 30.3 Å². The van der Waals surface area contributed by atoms with Crippen molar-refractivity contribution in [2.45, 2.75) is 13.3 Å². The molecule has 0 unspecified atom stereocenters. The molecule has 0 aliphatic rings. The molecule has 0 saturated heterocycles. The third-order valence-electron chi connectivity index (χ3n) is 3.09. The Balaban J connectivity index is 2.44. The zero-order valence-corrected chi connectivity index (χ0v) is 11.8. The van der Waals surface area contributed by atoms with E-state index in [4.69, 9.17) is 16.7 Å². The third kappa shape index (κ3) is 3.31. The van der Waals surface area contributed by atoms with Crippen molar-refractivity contribution in [1.29, 1.82) is 0 Å². The first-order valence-electron chi connectivity index (χ1n) is 6.07. The summed E-state index contributed by atoms with van der Waals surface area (Å²) < 4.78 is 25.7. The van der Waals surface area contributed by atoms with Crippen LogP contribution in [0.4, 0.5) is 20.2 Å². The number of alkyl halides is 2. The monoisotopic (exact) mass is 311 g/mol. The van der Waals surface area contributed by atoms with Gasteiger partial charge in [0.25, 0.3) is 6.43 Å². The molecule has 0 aliphatic carbocycles. The van der Waals surface area contributed by atoms with E-state index in [0.29, 0.717) is 16.9 Å². The largest absolute Gasteiger partial charge is 0.478 e. The molecule has 3 nitrogen and oxygen atoms in total. The summed E-state index contributed by atoms with van der Waals surface area (Å²) in [5, 5.41) is 12.3. The lowest BCUT2D eigenvalue weighted by atomic mass is 10.1. The molecule has 0 atom stereocenters. The Labute approximate surface area is 125 Å². The second-order valence-corrected chi connectivity index (χ2v) is 4.88. The fourth-order valence-corrected chi connectivity index (χ4v) is 2.14. The summed E-state index contributed by atoms with van der Waals surface area (Å²) in [7, 11) is 0. The van der Waals surface area contributed by atoms with E-state index in [1.54, 1.807) is 13.0 Å². The molecule has 2 N–H and O–H groups in total. The average molecular weight is 312 g/mol. The summed E-state index contributed by atoms with van der Waals surface area (Å²) in [5.74, 6) is -1.15. The number of hydrogen-bond acceptors (Lipinski definition) is 2. The Bertz CT molecular complexity index is 689. The van der Waals surface area contributed by atoms with Crippen molar-refractivity contribution in [2.24, 2.45) is 0 Å². The summed E-state index contributed by atoms with van der Waals surface area (Å²) in [4.78, 5) is 11.2.